The summed E-state index contributed by atoms with van der Waals surface area (Å²) in [6.07, 6.45) is 19.6. The van der Waals surface area contributed by atoms with Crippen molar-refractivity contribution in [1.82, 2.24) is 10.2 Å². The van der Waals surface area contributed by atoms with Crippen molar-refractivity contribution in [2.75, 3.05) is 47.5 Å². The van der Waals surface area contributed by atoms with Gasteiger partial charge in [-0.15, -0.1) is 6.58 Å². The Balaban J connectivity index is 0.000000354. The summed E-state index contributed by atoms with van der Waals surface area (Å²) < 4.78 is 14.0. The van der Waals surface area contributed by atoms with Gasteiger partial charge in [0, 0.05) is 26.2 Å². The van der Waals surface area contributed by atoms with E-state index in [9.17, 15) is 19.2 Å². The van der Waals surface area contributed by atoms with E-state index in [0.29, 0.717) is 65.7 Å². The third-order valence-corrected chi connectivity index (χ3v) is 16.4. The molecule has 1 amide bonds. The minimum Gasteiger partial charge on any atom is -0.469 e. The monoisotopic (exact) mass is 835 g/mol. The van der Waals surface area contributed by atoms with Crippen LogP contribution in [0.5, 0.6) is 0 Å². The maximum atomic E-state index is 12.0. The fraction of sp³-hybridized carbons (Fsp3) is 0.725. The second kappa shape index (κ2) is 22.1. The van der Waals surface area contributed by atoms with Gasteiger partial charge in [-0.05, 0) is 139 Å². The van der Waals surface area contributed by atoms with Gasteiger partial charge in [0.15, 0.2) is 0 Å². The summed E-state index contributed by atoms with van der Waals surface area (Å²) in [7, 11) is 4.11. The van der Waals surface area contributed by atoms with Crippen molar-refractivity contribution in [2.24, 2.45) is 50.7 Å². The predicted molar refractivity (Wildman–Crippen MR) is 243 cm³/mol. The molecule has 1 aromatic carbocycles. The van der Waals surface area contributed by atoms with E-state index in [1.165, 1.54) is 96.7 Å². The van der Waals surface area contributed by atoms with E-state index in [1.54, 1.807) is 6.08 Å². The number of esters is 3. The van der Waals surface area contributed by atoms with E-state index in [2.05, 4.69) is 81.1 Å². The van der Waals surface area contributed by atoms with Crippen LogP contribution in [0.2, 0.25) is 0 Å². The van der Waals surface area contributed by atoms with Gasteiger partial charge in [-0.2, -0.15) is 0 Å². The Kier molecular flexibility index (Phi) is 18.7. The Morgan fingerprint density at radius 2 is 1.37 bits per heavy atom. The summed E-state index contributed by atoms with van der Waals surface area (Å²) in [5.74, 6) is 2.54. The molecule has 60 heavy (non-hydrogen) atoms. The first kappa shape index (κ1) is 50.9. The lowest BCUT2D eigenvalue weighted by molar-refractivity contribution is -0.221. The Bertz CT molecular complexity index is 1600. The van der Waals surface area contributed by atoms with Gasteiger partial charge in [0.25, 0.3) is 0 Å². The number of benzene rings is 1. The van der Waals surface area contributed by atoms with Crippen LogP contribution in [-0.2, 0) is 28.6 Å². The summed E-state index contributed by atoms with van der Waals surface area (Å²) >= 11 is 0. The van der Waals surface area contributed by atoms with E-state index in [0.717, 1.165) is 17.8 Å². The fourth-order valence-corrected chi connectivity index (χ4v) is 13.2. The molecule has 9 nitrogen and oxygen atoms in total. The first-order valence-corrected chi connectivity index (χ1v) is 23.0. The molecule has 0 heterocycles. The minimum atomic E-state index is -0.304. The molecule has 6 rings (SSSR count). The minimum absolute atomic E-state index is 0.120. The number of nitrogens with one attached hydrogen (secondary N) is 1. The van der Waals surface area contributed by atoms with Crippen molar-refractivity contribution in [3.8, 4) is 0 Å². The van der Waals surface area contributed by atoms with Crippen LogP contribution < -0.4 is 5.32 Å². The molecule has 338 valence electrons. The lowest BCUT2D eigenvalue weighted by atomic mass is 9.33. The van der Waals surface area contributed by atoms with Gasteiger partial charge >= 0.3 is 17.9 Å². The molecule has 8 atom stereocenters. The molecule has 0 bridgehead atoms. The number of allylic oxidation sites excluding steroid dienone is 3. The van der Waals surface area contributed by atoms with Crippen molar-refractivity contribution < 1.29 is 33.4 Å². The molecule has 4 fully saturated rings. The Labute approximate surface area is 364 Å². The van der Waals surface area contributed by atoms with Gasteiger partial charge in [0.1, 0.15) is 0 Å². The zero-order valence-corrected chi connectivity index (χ0v) is 39.7. The number of carbonyl (C=O) groups excluding carboxylic acids is 4. The zero-order chi connectivity index (χ0) is 44.9. The standard InChI is InChI=1S/C35H50O2.C11H20N2O5.C3H6.C2H6/c1-31(2)25(23-10-12-24(13-11-23)30(36)37-7)16-19-33(4)28(31)17-20-35(6)29(33)15-14-27-26-9-8-18-32(26,3)21-22-34(27,35)5;1-17-10(15)3-6-13(8-5-12-9-14)7-4-11(16)18-2;1-3-2;1-2/h10-13,16,26-29H,8-9,14-15,17-22H2,1-7H3;9H,3-8H2,1-2H3,(H,12,14);3H,1H2,2H3;1-2H3/t26?,27?,28?,29?,32?,33?,34-,35?;;;/m1.../s1. The molecule has 1 N–H and O–H groups in total. The lowest BCUT2D eigenvalue weighted by Crippen LogP contribution is -2.64. The number of carbonyl (C=O) groups is 4. The number of nitrogens with zero attached hydrogens (tertiary/aromatic N) is 1. The second-order valence-corrected chi connectivity index (χ2v) is 19.4. The van der Waals surface area contributed by atoms with Gasteiger partial charge < -0.3 is 24.4 Å². The van der Waals surface area contributed by atoms with Crippen molar-refractivity contribution in [2.45, 2.75) is 139 Å². The quantitative estimate of drug-likeness (QED) is 0.0729. The van der Waals surface area contributed by atoms with Crippen LogP contribution in [-0.4, -0.2) is 76.7 Å². The van der Waals surface area contributed by atoms with Gasteiger partial charge in [-0.25, -0.2) is 4.79 Å². The van der Waals surface area contributed by atoms with Crippen LogP contribution in [0.3, 0.4) is 0 Å². The zero-order valence-electron chi connectivity index (χ0n) is 39.7. The van der Waals surface area contributed by atoms with Crippen molar-refractivity contribution in [3.63, 3.8) is 0 Å². The Morgan fingerprint density at radius 3 is 1.92 bits per heavy atom. The largest absolute Gasteiger partial charge is 0.469 e. The highest BCUT2D eigenvalue weighted by Gasteiger charge is 2.68. The van der Waals surface area contributed by atoms with E-state index in [1.807, 2.05) is 37.8 Å². The number of hydrogen-bond acceptors (Lipinski definition) is 8. The number of hydrogen-bond donors (Lipinski definition) is 1. The predicted octanol–water partition coefficient (Wildman–Crippen LogP) is 10.7. The highest BCUT2D eigenvalue weighted by molar-refractivity contribution is 5.90. The molecule has 0 saturated heterocycles. The fourth-order valence-electron chi connectivity index (χ4n) is 13.2. The van der Waals surface area contributed by atoms with Crippen LogP contribution in [0.15, 0.2) is 43.0 Å². The first-order chi connectivity index (χ1) is 28.5. The highest BCUT2D eigenvalue weighted by Crippen LogP contribution is 2.77. The number of ether oxygens (including phenoxy) is 3. The van der Waals surface area contributed by atoms with Crippen LogP contribution in [0.1, 0.15) is 155 Å². The molecule has 9 heteroatoms. The number of fused-ring (bicyclic) bond motifs is 7. The molecule has 0 radical (unpaired) electrons. The van der Waals surface area contributed by atoms with E-state index < -0.39 is 0 Å². The summed E-state index contributed by atoms with van der Waals surface area (Å²) in [4.78, 5) is 46.1. The number of methoxy groups -OCH3 is 3. The normalized spacial score (nSPS) is 31.7. The Morgan fingerprint density at radius 1 is 0.767 bits per heavy atom. The maximum absolute atomic E-state index is 12.0. The van der Waals surface area contributed by atoms with Gasteiger partial charge in [0.2, 0.25) is 6.41 Å². The summed E-state index contributed by atoms with van der Waals surface area (Å²) in [5.41, 5.74) is 5.44. The molecule has 0 spiro atoms. The molecule has 4 saturated carbocycles. The van der Waals surface area contributed by atoms with Crippen LogP contribution in [0.25, 0.3) is 5.57 Å². The van der Waals surface area contributed by atoms with Gasteiger partial charge in [0.05, 0.1) is 39.7 Å². The molecule has 0 aliphatic heterocycles. The smallest absolute Gasteiger partial charge is 0.337 e. The molecular formula is C51H82N2O7. The van der Waals surface area contributed by atoms with E-state index in [-0.39, 0.29) is 36.2 Å². The van der Waals surface area contributed by atoms with E-state index >= 15 is 0 Å². The second-order valence-electron chi connectivity index (χ2n) is 19.4. The summed E-state index contributed by atoms with van der Waals surface area (Å²) in [6.45, 7) is 27.1. The molecule has 1 aromatic rings. The molecule has 7 unspecified atom stereocenters. The summed E-state index contributed by atoms with van der Waals surface area (Å²) in [6, 6.07) is 8.15. The third-order valence-electron chi connectivity index (χ3n) is 16.4. The Hall–Kier alpha value is -3.46. The number of amides is 1. The first-order valence-electron chi connectivity index (χ1n) is 23.0. The van der Waals surface area contributed by atoms with Crippen molar-refractivity contribution in [3.05, 3.63) is 54.1 Å². The molecule has 0 aromatic heterocycles. The topological polar surface area (TPSA) is 111 Å². The maximum Gasteiger partial charge on any atom is 0.337 e. The average molecular weight is 835 g/mol. The molecular weight excluding hydrogens is 753 g/mol. The van der Waals surface area contributed by atoms with E-state index in [4.69, 9.17) is 4.74 Å². The van der Waals surface area contributed by atoms with Crippen molar-refractivity contribution in [1.29, 1.82) is 0 Å². The third kappa shape index (κ3) is 10.6. The van der Waals surface area contributed by atoms with Crippen LogP contribution in [0.4, 0.5) is 0 Å². The van der Waals surface area contributed by atoms with Crippen LogP contribution >= 0.6 is 0 Å². The highest BCUT2D eigenvalue weighted by atomic mass is 16.5. The number of rotatable bonds is 12. The van der Waals surface area contributed by atoms with Gasteiger partial charge in [-0.1, -0.05) is 86.1 Å². The molecule has 5 aliphatic carbocycles. The summed E-state index contributed by atoms with van der Waals surface area (Å²) in [5, 5.41) is 2.53. The van der Waals surface area contributed by atoms with Crippen LogP contribution in [0, 0.1) is 50.7 Å². The van der Waals surface area contributed by atoms with Crippen molar-refractivity contribution >= 4 is 29.9 Å². The molecule has 5 aliphatic rings. The average Bonchev–Trinajstić information content (AvgIpc) is 3.64. The SMILES string of the molecule is C=CC.CC.COC(=O)CCN(CCNC=O)CCC(=O)OC.COC(=O)c1ccc(C2=CCC3(C)C(CCC4(C)C3CCC3C5CCCC5(C)CC[C@]34C)C2(C)C)cc1. The lowest BCUT2D eigenvalue weighted by Gasteiger charge is -2.72. The van der Waals surface area contributed by atoms with Gasteiger partial charge in [-0.3, -0.25) is 14.4 Å².